The molecule has 0 saturated heterocycles. The summed E-state index contributed by atoms with van der Waals surface area (Å²) in [5.41, 5.74) is 0.461. The van der Waals surface area contributed by atoms with Crippen molar-refractivity contribution in [1.29, 1.82) is 0 Å². The number of aromatic nitrogens is 1. The van der Waals surface area contributed by atoms with E-state index in [0.29, 0.717) is 10.4 Å². The quantitative estimate of drug-likeness (QED) is 0.634. The number of carbonyl (C=O) groups is 1. The highest BCUT2D eigenvalue weighted by Crippen LogP contribution is 2.39. The van der Waals surface area contributed by atoms with Gasteiger partial charge >= 0.3 is 0 Å². The Bertz CT molecular complexity index is 358. The zero-order valence-electron chi connectivity index (χ0n) is 7.93. The number of nitrogens with one attached hydrogen (secondary N) is 1. The first kappa shape index (κ1) is 10.6. The minimum Gasteiger partial charge on any atom is -0.373 e. The number of rotatable bonds is 3. The number of carbonyl (C=O) groups excluding carboxylic acids is 1. The van der Waals surface area contributed by atoms with Crippen LogP contribution in [0.15, 0.2) is 24.5 Å². The Labute approximate surface area is 95.8 Å². The van der Waals surface area contributed by atoms with Crippen LogP contribution in [0, 0.1) is 5.92 Å². The van der Waals surface area contributed by atoms with Crippen molar-refractivity contribution in [2.45, 2.75) is 17.5 Å². The number of aliphatic hydroxyl groups excluding tert-OH is 1. The topological polar surface area (TPSA) is 62.2 Å². The van der Waals surface area contributed by atoms with E-state index >= 15 is 0 Å². The number of halogens is 1. The Hall–Kier alpha value is -0.940. The number of aliphatic hydroxyl groups is 1. The number of alkyl halides is 1. The van der Waals surface area contributed by atoms with Gasteiger partial charge in [0, 0.05) is 23.1 Å². The van der Waals surface area contributed by atoms with Crippen molar-refractivity contribution in [3.63, 3.8) is 0 Å². The van der Waals surface area contributed by atoms with Gasteiger partial charge in [-0.25, -0.2) is 0 Å². The van der Waals surface area contributed by atoms with E-state index in [-0.39, 0.29) is 11.8 Å². The maximum absolute atomic E-state index is 11.6. The van der Waals surface area contributed by atoms with E-state index in [1.54, 1.807) is 18.3 Å². The Morgan fingerprint density at radius 3 is 3.00 bits per heavy atom. The highest BCUT2D eigenvalue weighted by molar-refractivity contribution is 9.09. The predicted octanol–water partition coefficient (Wildman–Crippen LogP) is 0.913. The maximum atomic E-state index is 11.6. The van der Waals surface area contributed by atoms with E-state index < -0.39 is 6.23 Å². The molecule has 0 spiro atoms. The molecule has 0 radical (unpaired) electrons. The van der Waals surface area contributed by atoms with Crippen LogP contribution < -0.4 is 5.32 Å². The average molecular weight is 271 g/mol. The zero-order valence-corrected chi connectivity index (χ0v) is 9.52. The molecule has 1 saturated carbocycles. The van der Waals surface area contributed by atoms with Gasteiger partial charge in [0.15, 0.2) is 0 Å². The highest BCUT2D eigenvalue weighted by Gasteiger charge is 2.41. The Kier molecular flexibility index (Phi) is 3.02. The minimum absolute atomic E-state index is 0.130. The van der Waals surface area contributed by atoms with Gasteiger partial charge in [-0.2, -0.15) is 0 Å². The van der Waals surface area contributed by atoms with Crippen molar-refractivity contribution in [1.82, 2.24) is 10.3 Å². The monoisotopic (exact) mass is 270 g/mol. The van der Waals surface area contributed by atoms with Crippen molar-refractivity contribution in [3.05, 3.63) is 30.1 Å². The lowest BCUT2D eigenvalue weighted by Crippen LogP contribution is -2.36. The molecule has 0 aliphatic heterocycles. The lowest BCUT2D eigenvalue weighted by molar-refractivity contribution is 0.0732. The van der Waals surface area contributed by atoms with Crippen LogP contribution >= 0.6 is 15.9 Å². The molecule has 1 heterocycles. The Balaban J connectivity index is 1.92. The molecule has 3 atom stereocenters. The van der Waals surface area contributed by atoms with Crippen LogP contribution in [0.2, 0.25) is 0 Å². The SMILES string of the molecule is O=C(NC(O)C1CC1Br)c1cccnc1. The third kappa shape index (κ3) is 2.54. The molecule has 0 bridgehead atoms. The molecule has 2 N–H and O–H groups in total. The highest BCUT2D eigenvalue weighted by atomic mass is 79.9. The molecule has 1 aromatic rings. The average Bonchev–Trinajstić information content (AvgIpc) is 2.97. The molecule has 80 valence electrons. The number of amides is 1. The van der Waals surface area contributed by atoms with Gasteiger partial charge in [0.05, 0.1) is 5.56 Å². The van der Waals surface area contributed by atoms with Gasteiger partial charge in [-0.1, -0.05) is 15.9 Å². The second-order valence-corrected chi connectivity index (χ2v) is 4.75. The van der Waals surface area contributed by atoms with E-state index in [9.17, 15) is 9.90 Å². The molecular weight excluding hydrogens is 260 g/mol. The molecule has 3 unspecified atom stereocenters. The van der Waals surface area contributed by atoms with Gasteiger partial charge in [-0.05, 0) is 18.6 Å². The van der Waals surface area contributed by atoms with E-state index in [1.807, 2.05) is 0 Å². The minimum atomic E-state index is -0.776. The molecule has 0 aromatic carbocycles. The van der Waals surface area contributed by atoms with Gasteiger partial charge in [0.1, 0.15) is 6.23 Å². The Morgan fingerprint density at radius 1 is 1.73 bits per heavy atom. The molecule has 1 aliphatic rings. The molecule has 1 aliphatic carbocycles. The van der Waals surface area contributed by atoms with Crippen LogP contribution in [0.25, 0.3) is 0 Å². The van der Waals surface area contributed by atoms with Crippen LogP contribution in [-0.4, -0.2) is 27.1 Å². The summed E-state index contributed by atoms with van der Waals surface area (Å²) >= 11 is 3.37. The fourth-order valence-electron chi connectivity index (χ4n) is 1.33. The largest absolute Gasteiger partial charge is 0.373 e. The summed E-state index contributed by atoms with van der Waals surface area (Å²) in [5.74, 6) is -0.159. The fourth-order valence-corrected chi connectivity index (χ4v) is 2.05. The summed E-state index contributed by atoms with van der Waals surface area (Å²) in [6.07, 6.45) is 3.19. The van der Waals surface area contributed by atoms with E-state index in [4.69, 9.17) is 0 Å². The van der Waals surface area contributed by atoms with Gasteiger partial charge in [0.2, 0.25) is 0 Å². The number of hydrogen-bond acceptors (Lipinski definition) is 3. The van der Waals surface area contributed by atoms with Crippen molar-refractivity contribution >= 4 is 21.8 Å². The van der Waals surface area contributed by atoms with Crippen molar-refractivity contribution in [2.75, 3.05) is 0 Å². The summed E-state index contributed by atoms with van der Waals surface area (Å²) in [7, 11) is 0. The summed E-state index contributed by atoms with van der Waals surface area (Å²) in [4.78, 5) is 15.7. The van der Waals surface area contributed by atoms with E-state index in [2.05, 4.69) is 26.2 Å². The number of hydrogen-bond donors (Lipinski definition) is 2. The summed E-state index contributed by atoms with van der Waals surface area (Å²) in [5, 5.41) is 12.1. The first-order valence-electron chi connectivity index (χ1n) is 4.71. The van der Waals surface area contributed by atoms with Gasteiger partial charge in [-0.15, -0.1) is 0 Å². The zero-order chi connectivity index (χ0) is 10.8. The maximum Gasteiger partial charge on any atom is 0.254 e. The molecule has 15 heavy (non-hydrogen) atoms. The molecule has 1 amide bonds. The number of nitrogens with zero attached hydrogens (tertiary/aromatic N) is 1. The smallest absolute Gasteiger partial charge is 0.254 e. The molecule has 1 aromatic heterocycles. The third-order valence-corrected chi connectivity index (χ3v) is 3.42. The summed E-state index contributed by atoms with van der Waals surface area (Å²) < 4.78 is 0. The molecule has 5 heteroatoms. The van der Waals surface area contributed by atoms with Crippen molar-refractivity contribution in [2.24, 2.45) is 5.92 Å². The van der Waals surface area contributed by atoms with E-state index in [1.165, 1.54) is 6.20 Å². The van der Waals surface area contributed by atoms with Gasteiger partial charge < -0.3 is 10.4 Å². The second-order valence-electron chi connectivity index (χ2n) is 3.58. The molecule has 1 fully saturated rings. The van der Waals surface area contributed by atoms with E-state index in [0.717, 1.165) is 6.42 Å². The fraction of sp³-hybridized carbons (Fsp3) is 0.400. The molecular formula is C10H11BrN2O2. The summed E-state index contributed by atoms with van der Waals surface area (Å²) in [6, 6.07) is 3.35. The van der Waals surface area contributed by atoms with Gasteiger partial charge in [0.25, 0.3) is 5.91 Å². The second kappa shape index (κ2) is 4.28. The third-order valence-electron chi connectivity index (χ3n) is 2.37. The number of pyridine rings is 1. The molecule has 4 nitrogen and oxygen atoms in total. The summed E-state index contributed by atoms with van der Waals surface area (Å²) in [6.45, 7) is 0. The normalized spacial score (nSPS) is 25.7. The van der Waals surface area contributed by atoms with Crippen LogP contribution in [0.3, 0.4) is 0 Å². The van der Waals surface area contributed by atoms with Crippen LogP contribution in [0.1, 0.15) is 16.8 Å². The standard InChI is InChI=1S/C10H11BrN2O2/c11-8-4-7(8)10(15)13-9(14)6-2-1-3-12-5-6/h1-3,5,7-8,10,15H,4H2,(H,13,14). The lowest BCUT2D eigenvalue weighted by Gasteiger charge is -2.11. The lowest BCUT2D eigenvalue weighted by atomic mass is 10.2. The van der Waals surface area contributed by atoms with Crippen molar-refractivity contribution < 1.29 is 9.90 Å². The van der Waals surface area contributed by atoms with Crippen molar-refractivity contribution in [3.8, 4) is 0 Å². The van der Waals surface area contributed by atoms with Crippen LogP contribution in [0.5, 0.6) is 0 Å². The van der Waals surface area contributed by atoms with Gasteiger partial charge in [-0.3, -0.25) is 9.78 Å². The predicted molar refractivity (Wildman–Crippen MR) is 58.5 cm³/mol. The first-order valence-corrected chi connectivity index (χ1v) is 5.63. The molecule has 2 rings (SSSR count). The Morgan fingerprint density at radius 2 is 2.47 bits per heavy atom. The van der Waals surface area contributed by atoms with Crippen LogP contribution in [-0.2, 0) is 0 Å². The first-order chi connectivity index (χ1) is 7.18. The van der Waals surface area contributed by atoms with Crippen LogP contribution in [0.4, 0.5) is 0 Å².